The fourth-order valence-electron chi connectivity index (χ4n) is 1.20. The second-order valence-electron chi connectivity index (χ2n) is 7.17. The van der Waals surface area contributed by atoms with Gasteiger partial charge < -0.3 is 9.47 Å². The van der Waals surface area contributed by atoms with Gasteiger partial charge in [-0.05, 0) is 4.66 Å². The second kappa shape index (κ2) is 6.38. The van der Waals surface area contributed by atoms with E-state index in [1.165, 1.54) is 12.8 Å². The van der Waals surface area contributed by atoms with E-state index in [0.717, 1.165) is 9.52 Å². The molecular formula is C12H28O3Si3. The molecule has 0 saturated carbocycles. The van der Waals surface area contributed by atoms with Crippen molar-refractivity contribution in [2.75, 3.05) is 13.3 Å². The molecule has 2 radical (unpaired) electrons. The number of carbonyl (C=O) groups is 1. The first-order valence-electron chi connectivity index (χ1n) is 6.37. The van der Waals surface area contributed by atoms with E-state index >= 15 is 0 Å². The molecule has 0 N–H and O–H groups in total. The third kappa shape index (κ3) is 6.19. The van der Waals surface area contributed by atoms with Crippen LogP contribution in [0.3, 0.4) is 0 Å². The summed E-state index contributed by atoms with van der Waals surface area (Å²) in [6, 6.07) is 0. The molecule has 0 heterocycles. The summed E-state index contributed by atoms with van der Waals surface area (Å²) in [6.45, 7) is 16.5. The Balaban J connectivity index is 4.50. The topological polar surface area (TPSA) is 35.5 Å². The highest BCUT2D eigenvalue weighted by Crippen LogP contribution is 2.37. The van der Waals surface area contributed by atoms with Crippen LogP contribution in [-0.4, -0.2) is 45.2 Å². The van der Waals surface area contributed by atoms with Crippen molar-refractivity contribution in [2.24, 2.45) is 0 Å². The van der Waals surface area contributed by atoms with Crippen LogP contribution in [-0.2, 0) is 9.47 Å². The summed E-state index contributed by atoms with van der Waals surface area (Å²) in [4.78, 5) is 11.1. The zero-order chi connectivity index (χ0) is 14.6. The Hall–Kier alpha value is -0.0794. The maximum atomic E-state index is 11.1. The van der Waals surface area contributed by atoms with Gasteiger partial charge in [-0.1, -0.05) is 52.2 Å². The lowest BCUT2D eigenvalue weighted by molar-refractivity contribution is 0.0846. The average molecular weight is 305 g/mol. The molecule has 0 unspecified atom stereocenters. The van der Waals surface area contributed by atoms with Gasteiger partial charge in [0, 0.05) is 17.6 Å². The van der Waals surface area contributed by atoms with Gasteiger partial charge in [-0.3, -0.25) is 0 Å². The van der Waals surface area contributed by atoms with Crippen LogP contribution in [0.1, 0.15) is 13.8 Å². The van der Waals surface area contributed by atoms with Crippen LogP contribution in [0.25, 0.3) is 0 Å². The van der Waals surface area contributed by atoms with Crippen molar-refractivity contribution in [3.05, 3.63) is 0 Å². The van der Waals surface area contributed by atoms with E-state index in [9.17, 15) is 4.79 Å². The molecule has 0 fully saturated rings. The van der Waals surface area contributed by atoms with Gasteiger partial charge in [0.15, 0.2) is 0 Å². The van der Waals surface area contributed by atoms with Crippen LogP contribution in [0.2, 0.25) is 43.1 Å². The van der Waals surface area contributed by atoms with E-state index in [1.54, 1.807) is 0 Å². The minimum Gasteiger partial charge on any atom is -0.438 e. The van der Waals surface area contributed by atoms with E-state index < -0.39 is 22.3 Å². The Morgan fingerprint density at radius 1 is 1.17 bits per heavy atom. The van der Waals surface area contributed by atoms with Gasteiger partial charge in [0.05, 0.1) is 21.4 Å². The number of carbonyl (C=O) groups excluding carboxylic acids is 1. The van der Waals surface area contributed by atoms with Crippen molar-refractivity contribution >= 4 is 31.8 Å². The SMILES string of the molecule is COC(=O)OC[Si](C)(C)C(C)(C)[Si]C[Si](C)(C)C. The van der Waals surface area contributed by atoms with Crippen molar-refractivity contribution < 1.29 is 14.3 Å². The predicted molar refractivity (Wildman–Crippen MR) is 83.8 cm³/mol. The molecule has 0 aromatic rings. The first kappa shape index (κ1) is 17.9. The summed E-state index contributed by atoms with van der Waals surface area (Å²) in [6.07, 6.45) is -0.00865. The molecule has 0 saturated heterocycles. The molecule has 6 heteroatoms. The van der Waals surface area contributed by atoms with Crippen LogP contribution in [0, 0.1) is 0 Å². The van der Waals surface area contributed by atoms with Crippen LogP contribution in [0.4, 0.5) is 4.79 Å². The molecule has 0 atom stereocenters. The molecule has 106 valence electrons. The van der Waals surface area contributed by atoms with E-state index in [1.807, 2.05) is 0 Å². The van der Waals surface area contributed by atoms with Crippen molar-refractivity contribution in [1.82, 2.24) is 0 Å². The van der Waals surface area contributed by atoms with Crippen molar-refractivity contribution in [3.8, 4) is 0 Å². The van der Waals surface area contributed by atoms with Gasteiger partial charge in [-0.25, -0.2) is 4.79 Å². The molecule has 0 spiro atoms. The fraction of sp³-hybridized carbons (Fsp3) is 0.917. The van der Waals surface area contributed by atoms with Crippen molar-refractivity contribution in [2.45, 2.75) is 56.9 Å². The summed E-state index contributed by atoms with van der Waals surface area (Å²) in [5, 5.41) is 0. The highest BCUT2D eigenvalue weighted by Gasteiger charge is 2.41. The van der Waals surface area contributed by atoms with Crippen LogP contribution in [0.15, 0.2) is 0 Å². The number of rotatable bonds is 6. The molecule has 0 aliphatic heterocycles. The first-order chi connectivity index (χ1) is 7.91. The maximum absolute atomic E-state index is 11.1. The molecule has 0 aromatic heterocycles. The lowest BCUT2D eigenvalue weighted by atomic mass is 10.5. The van der Waals surface area contributed by atoms with Gasteiger partial charge in [0.1, 0.15) is 0 Å². The summed E-state index contributed by atoms with van der Waals surface area (Å²) in [5.74, 6) is 0. The average Bonchev–Trinajstić information content (AvgIpc) is 2.22. The zero-order valence-corrected chi connectivity index (χ0v) is 16.1. The lowest BCUT2D eigenvalue weighted by Gasteiger charge is -2.40. The van der Waals surface area contributed by atoms with Gasteiger partial charge in [-0.2, -0.15) is 0 Å². The summed E-state index contributed by atoms with van der Waals surface area (Å²) in [5.41, 5.74) is 1.36. The molecule has 0 aliphatic rings. The van der Waals surface area contributed by atoms with Crippen LogP contribution < -0.4 is 0 Å². The quantitative estimate of drug-likeness (QED) is 0.554. The highest BCUT2D eigenvalue weighted by molar-refractivity contribution is 6.92. The smallest absolute Gasteiger partial charge is 0.438 e. The van der Waals surface area contributed by atoms with Gasteiger partial charge in [0.2, 0.25) is 0 Å². The van der Waals surface area contributed by atoms with Gasteiger partial charge in [-0.15, -0.1) is 0 Å². The number of methoxy groups -OCH3 is 1. The third-order valence-electron chi connectivity index (χ3n) is 3.47. The van der Waals surface area contributed by atoms with Gasteiger partial charge in [0.25, 0.3) is 0 Å². The van der Waals surface area contributed by atoms with E-state index in [4.69, 9.17) is 4.74 Å². The van der Waals surface area contributed by atoms with Crippen molar-refractivity contribution in [3.63, 3.8) is 0 Å². The van der Waals surface area contributed by atoms with E-state index in [2.05, 4.69) is 51.3 Å². The van der Waals surface area contributed by atoms with Crippen LogP contribution >= 0.6 is 0 Å². The maximum Gasteiger partial charge on any atom is 0.507 e. The summed E-state index contributed by atoms with van der Waals surface area (Å²) >= 11 is 0. The first-order valence-corrected chi connectivity index (χ1v) is 14.5. The Bertz CT molecular complexity index is 283. The zero-order valence-electron chi connectivity index (χ0n) is 13.1. The number of ether oxygens (including phenoxy) is 2. The molecule has 3 nitrogen and oxygen atoms in total. The summed E-state index contributed by atoms with van der Waals surface area (Å²) in [7, 11) is -0.280. The lowest BCUT2D eigenvalue weighted by Crippen LogP contribution is -2.48. The Labute approximate surface area is 116 Å². The molecular weight excluding hydrogens is 276 g/mol. The van der Waals surface area contributed by atoms with Crippen LogP contribution in [0.5, 0.6) is 0 Å². The third-order valence-corrected chi connectivity index (χ3v) is 16.1. The van der Waals surface area contributed by atoms with E-state index in [0.29, 0.717) is 10.9 Å². The van der Waals surface area contributed by atoms with Gasteiger partial charge >= 0.3 is 6.16 Å². The Kier molecular flexibility index (Phi) is 6.36. The number of hydrogen-bond acceptors (Lipinski definition) is 3. The minimum absolute atomic E-state index is 0.307. The largest absolute Gasteiger partial charge is 0.507 e. The molecule has 0 bridgehead atoms. The monoisotopic (exact) mass is 304 g/mol. The molecule has 0 aliphatic carbocycles. The highest BCUT2D eigenvalue weighted by atomic mass is 28.4. The molecule has 0 amide bonds. The molecule has 0 rings (SSSR count). The Morgan fingerprint density at radius 2 is 1.67 bits per heavy atom. The minimum atomic E-state index is -1.60. The molecule has 18 heavy (non-hydrogen) atoms. The normalized spacial score (nSPS) is 13.3. The fourth-order valence-corrected chi connectivity index (χ4v) is 8.86. The summed E-state index contributed by atoms with van der Waals surface area (Å²) < 4.78 is 10.0. The Morgan fingerprint density at radius 3 is 2.06 bits per heavy atom. The standard InChI is InChI=1S/C12H28O3Si3/c1-12(2,16-10-17(4,5)6)18(7,8)9-15-11(13)14-3/h9-10H2,1-8H3. The van der Waals surface area contributed by atoms with E-state index in [-0.39, 0.29) is 0 Å². The number of hydrogen-bond donors (Lipinski definition) is 0. The van der Waals surface area contributed by atoms with Crippen molar-refractivity contribution in [1.29, 1.82) is 0 Å². The predicted octanol–water partition coefficient (Wildman–Crippen LogP) is 3.75. The second-order valence-corrected chi connectivity index (χ2v) is 21.1. The molecule has 0 aromatic carbocycles.